The van der Waals surface area contributed by atoms with Gasteiger partial charge < -0.3 is 4.74 Å². The number of nitrogens with zero attached hydrogens (tertiary/aromatic N) is 2. The third-order valence-corrected chi connectivity index (χ3v) is 6.50. The molecule has 0 aromatic rings. The summed E-state index contributed by atoms with van der Waals surface area (Å²) in [4.78, 5) is 14.4. The lowest BCUT2D eigenvalue weighted by atomic mass is 9.69. The van der Waals surface area contributed by atoms with E-state index in [0.29, 0.717) is 24.3 Å². The Labute approximate surface area is 139 Å². The fourth-order valence-corrected chi connectivity index (χ4v) is 5.50. The molecule has 4 heteroatoms. The molecule has 2 aliphatic heterocycles. The minimum atomic E-state index is -0.0943. The minimum Gasteiger partial charge on any atom is -0.469 e. The average Bonchev–Trinajstić information content (AvgIpc) is 2.99. The van der Waals surface area contributed by atoms with E-state index in [2.05, 4.69) is 24.0 Å². The Morgan fingerprint density at radius 2 is 2.22 bits per heavy atom. The van der Waals surface area contributed by atoms with Crippen LogP contribution in [0.3, 0.4) is 0 Å². The predicted octanol–water partition coefficient (Wildman–Crippen LogP) is 3.43. The van der Waals surface area contributed by atoms with E-state index < -0.39 is 0 Å². The maximum Gasteiger partial charge on any atom is 0.305 e. The third kappa shape index (κ3) is 2.92. The fourth-order valence-electron chi connectivity index (χ4n) is 5.50. The van der Waals surface area contributed by atoms with Crippen molar-refractivity contribution in [1.82, 2.24) is 4.90 Å². The summed E-state index contributed by atoms with van der Waals surface area (Å²) in [5, 5.41) is 9.33. The molecule has 0 unspecified atom stereocenters. The molecule has 4 nitrogen and oxygen atoms in total. The first kappa shape index (κ1) is 16.5. The Balaban J connectivity index is 1.84. The van der Waals surface area contributed by atoms with Gasteiger partial charge in [0.05, 0.1) is 13.2 Å². The van der Waals surface area contributed by atoms with E-state index in [4.69, 9.17) is 4.74 Å². The molecule has 3 rings (SSSR count). The molecule has 1 saturated heterocycles. The van der Waals surface area contributed by atoms with Gasteiger partial charge in [-0.15, -0.1) is 0 Å². The smallest absolute Gasteiger partial charge is 0.305 e. The second-order valence-electron chi connectivity index (χ2n) is 7.61. The van der Waals surface area contributed by atoms with Crippen molar-refractivity contribution in [2.75, 3.05) is 13.7 Å². The van der Waals surface area contributed by atoms with Gasteiger partial charge in [-0.1, -0.05) is 25.8 Å². The zero-order valence-corrected chi connectivity index (χ0v) is 14.4. The number of rotatable bonds is 3. The van der Waals surface area contributed by atoms with E-state index in [1.807, 2.05) is 0 Å². The van der Waals surface area contributed by atoms with E-state index in [-0.39, 0.29) is 11.5 Å². The minimum absolute atomic E-state index is 0.0943. The number of fused-ring (bicyclic) bond motifs is 2. The largest absolute Gasteiger partial charge is 0.469 e. The molecule has 0 amide bonds. The van der Waals surface area contributed by atoms with Crippen LogP contribution in [0.5, 0.6) is 0 Å². The number of esters is 1. The highest BCUT2D eigenvalue weighted by molar-refractivity contribution is 5.69. The molecule has 2 heterocycles. The van der Waals surface area contributed by atoms with Crippen molar-refractivity contribution >= 4 is 5.97 Å². The highest BCUT2D eigenvalue weighted by Gasteiger charge is 2.53. The summed E-state index contributed by atoms with van der Waals surface area (Å²) in [5.41, 5.74) is 1.13. The fraction of sp³-hybridized carbons (Fsp3) is 0.789. The normalized spacial score (nSPS) is 35.3. The molecule has 2 fully saturated rings. The van der Waals surface area contributed by atoms with Crippen molar-refractivity contribution in [3.8, 4) is 6.07 Å². The molecule has 0 radical (unpaired) electrons. The van der Waals surface area contributed by atoms with Crippen molar-refractivity contribution < 1.29 is 9.53 Å². The maximum absolute atomic E-state index is 11.7. The molecule has 3 aliphatic rings. The number of carbonyl (C=O) groups excluding carboxylic acids is 1. The number of hydrogen-bond donors (Lipinski definition) is 0. The van der Waals surface area contributed by atoms with Crippen molar-refractivity contribution in [2.24, 2.45) is 11.8 Å². The number of ether oxygens (including phenoxy) is 1. The van der Waals surface area contributed by atoms with E-state index in [0.717, 1.165) is 18.5 Å². The Morgan fingerprint density at radius 3 is 2.91 bits per heavy atom. The van der Waals surface area contributed by atoms with Crippen molar-refractivity contribution in [3.63, 3.8) is 0 Å². The molecule has 1 spiro atoms. The van der Waals surface area contributed by atoms with Gasteiger partial charge in [-0.2, -0.15) is 5.26 Å². The standard InChI is InChI=1S/C19H28N2O2/c1-14(11-18(22)23-2)17-6-4-10-19(17)9-3-5-16-8-7-15(12-20)13-21(16)19/h7,14,16-17H,3-6,8-11,13H2,1-2H3/t14-,16+,17+,19+/m0/s1. The molecule has 4 atom stereocenters. The number of hydrogen-bond acceptors (Lipinski definition) is 4. The van der Waals surface area contributed by atoms with Gasteiger partial charge in [0, 0.05) is 30.1 Å². The van der Waals surface area contributed by atoms with Gasteiger partial charge in [0.25, 0.3) is 0 Å². The number of piperidine rings is 1. The molecule has 1 aliphatic carbocycles. The lowest BCUT2D eigenvalue weighted by Crippen LogP contribution is -2.60. The zero-order chi connectivity index (χ0) is 16.4. The first-order valence-corrected chi connectivity index (χ1v) is 9.03. The summed E-state index contributed by atoms with van der Waals surface area (Å²) in [6.07, 6.45) is 11.1. The van der Waals surface area contributed by atoms with Gasteiger partial charge in [0.2, 0.25) is 0 Å². The molecule has 23 heavy (non-hydrogen) atoms. The van der Waals surface area contributed by atoms with Crippen LogP contribution in [-0.2, 0) is 9.53 Å². The van der Waals surface area contributed by atoms with Gasteiger partial charge in [-0.05, 0) is 43.9 Å². The van der Waals surface area contributed by atoms with Gasteiger partial charge in [0.1, 0.15) is 0 Å². The summed E-state index contributed by atoms with van der Waals surface area (Å²) in [6, 6.07) is 2.96. The summed E-state index contributed by atoms with van der Waals surface area (Å²) in [6.45, 7) is 3.02. The molecule has 0 aromatic carbocycles. The van der Waals surface area contributed by atoms with Crippen LogP contribution in [0.25, 0.3) is 0 Å². The number of carbonyl (C=O) groups is 1. The molecule has 1 saturated carbocycles. The predicted molar refractivity (Wildman–Crippen MR) is 88.5 cm³/mol. The second kappa shape index (κ2) is 6.65. The molecule has 126 valence electrons. The summed E-state index contributed by atoms with van der Waals surface area (Å²) in [7, 11) is 1.48. The molecule has 0 bridgehead atoms. The molecule has 0 aromatic heterocycles. The van der Waals surface area contributed by atoms with E-state index in [1.165, 1.54) is 45.6 Å². The summed E-state index contributed by atoms with van der Waals surface area (Å²) >= 11 is 0. The Morgan fingerprint density at radius 1 is 1.48 bits per heavy atom. The highest BCUT2D eigenvalue weighted by atomic mass is 16.5. The first-order chi connectivity index (χ1) is 11.1. The Hall–Kier alpha value is -1.34. The van der Waals surface area contributed by atoms with E-state index >= 15 is 0 Å². The van der Waals surface area contributed by atoms with Crippen LogP contribution in [0, 0.1) is 23.2 Å². The first-order valence-electron chi connectivity index (χ1n) is 9.03. The highest BCUT2D eigenvalue weighted by Crippen LogP contribution is 2.52. The monoisotopic (exact) mass is 316 g/mol. The van der Waals surface area contributed by atoms with E-state index in [1.54, 1.807) is 0 Å². The molecule has 0 N–H and O–H groups in total. The quantitative estimate of drug-likeness (QED) is 0.749. The van der Waals surface area contributed by atoms with Crippen LogP contribution in [0.4, 0.5) is 0 Å². The van der Waals surface area contributed by atoms with Crippen LogP contribution in [-0.4, -0.2) is 36.1 Å². The summed E-state index contributed by atoms with van der Waals surface area (Å²) in [5.74, 6) is 0.797. The summed E-state index contributed by atoms with van der Waals surface area (Å²) < 4.78 is 4.89. The van der Waals surface area contributed by atoms with Crippen LogP contribution >= 0.6 is 0 Å². The van der Waals surface area contributed by atoms with Crippen molar-refractivity contribution in [2.45, 2.75) is 69.9 Å². The van der Waals surface area contributed by atoms with Crippen LogP contribution < -0.4 is 0 Å². The lowest BCUT2D eigenvalue weighted by molar-refractivity contribution is -0.142. The van der Waals surface area contributed by atoms with Gasteiger partial charge in [-0.25, -0.2) is 0 Å². The van der Waals surface area contributed by atoms with E-state index in [9.17, 15) is 10.1 Å². The van der Waals surface area contributed by atoms with Crippen LogP contribution in [0.2, 0.25) is 0 Å². The van der Waals surface area contributed by atoms with Gasteiger partial charge >= 0.3 is 5.97 Å². The van der Waals surface area contributed by atoms with Crippen LogP contribution in [0.1, 0.15) is 58.3 Å². The third-order valence-electron chi connectivity index (χ3n) is 6.50. The zero-order valence-electron chi connectivity index (χ0n) is 14.4. The maximum atomic E-state index is 11.7. The Bertz CT molecular complexity index is 536. The van der Waals surface area contributed by atoms with Gasteiger partial charge in [-0.3, -0.25) is 9.69 Å². The van der Waals surface area contributed by atoms with Crippen LogP contribution in [0.15, 0.2) is 11.6 Å². The number of nitriles is 1. The topological polar surface area (TPSA) is 53.3 Å². The average molecular weight is 316 g/mol. The molecular weight excluding hydrogens is 288 g/mol. The Kier molecular flexibility index (Phi) is 4.77. The van der Waals surface area contributed by atoms with Crippen molar-refractivity contribution in [1.29, 1.82) is 5.26 Å². The SMILES string of the molecule is COC(=O)C[C@H](C)[C@H]1CCC[C@]12CCC[C@@H]1CC=C(C#N)CN12. The second-order valence-corrected chi connectivity index (χ2v) is 7.61. The van der Waals surface area contributed by atoms with Crippen molar-refractivity contribution in [3.05, 3.63) is 11.6 Å². The lowest BCUT2D eigenvalue weighted by Gasteiger charge is -2.55. The number of methoxy groups -OCH3 is 1. The van der Waals surface area contributed by atoms with Gasteiger partial charge in [0.15, 0.2) is 0 Å². The molecular formula is C19H28N2O2.